The highest BCUT2D eigenvalue weighted by molar-refractivity contribution is 6.07. The van der Waals surface area contributed by atoms with Crippen LogP contribution in [0.2, 0.25) is 0 Å². The molecule has 3 aliphatic rings. The van der Waals surface area contributed by atoms with Crippen LogP contribution in [0.15, 0.2) is 4.99 Å². The predicted molar refractivity (Wildman–Crippen MR) is 81.2 cm³/mol. The van der Waals surface area contributed by atoms with Gasteiger partial charge in [-0.3, -0.25) is 10.1 Å². The topological polar surface area (TPSA) is 57.2 Å². The number of guanidine groups is 1. The number of carbonyl (C=O) groups is 1. The number of likely N-dealkylation sites (tertiary alicyclic amines) is 1. The monoisotopic (exact) mass is 294 g/mol. The molecule has 0 aromatic carbocycles. The Labute approximate surface area is 126 Å². The lowest BCUT2D eigenvalue weighted by atomic mass is 9.87. The molecule has 0 bridgehead atoms. The second kappa shape index (κ2) is 5.93. The Hall–Kier alpha value is -1.14. The van der Waals surface area contributed by atoms with Gasteiger partial charge in [-0.15, -0.1) is 0 Å². The Balaban J connectivity index is 1.56. The van der Waals surface area contributed by atoms with Crippen LogP contribution in [-0.2, 0) is 9.53 Å². The van der Waals surface area contributed by atoms with Gasteiger partial charge in [-0.1, -0.05) is 0 Å². The highest BCUT2D eigenvalue weighted by atomic mass is 16.5. The summed E-state index contributed by atoms with van der Waals surface area (Å²) < 4.78 is 5.56. The van der Waals surface area contributed by atoms with E-state index < -0.39 is 5.54 Å². The van der Waals surface area contributed by atoms with Crippen LogP contribution in [0.4, 0.5) is 0 Å². The maximum absolute atomic E-state index is 12.3. The summed E-state index contributed by atoms with van der Waals surface area (Å²) in [6.45, 7) is 4.82. The van der Waals surface area contributed by atoms with E-state index in [9.17, 15) is 4.79 Å². The van der Waals surface area contributed by atoms with Crippen molar-refractivity contribution >= 4 is 11.9 Å². The lowest BCUT2D eigenvalue weighted by Crippen LogP contribution is -2.50. The van der Waals surface area contributed by atoms with Crippen molar-refractivity contribution in [2.45, 2.75) is 31.2 Å². The van der Waals surface area contributed by atoms with E-state index >= 15 is 0 Å². The van der Waals surface area contributed by atoms with Gasteiger partial charge in [-0.25, -0.2) is 4.99 Å². The zero-order valence-electron chi connectivity index (χ0n) is 13.1. The maximum atomic E-state index is 12.3. The Kier molecular flexibility index (Phi) is 4.17. The molecule has 0 saturated carbocycles. The summed E-state index contributed by atoms with van der Waals surface area (Å²) in [6, 6.07) is 0. The van der Waals surface area contributed by atoms with Gasteiger partial charge in [-0.2, -0.15) is 0 Å². The third-order valence-corrected chi connectivity index (χ3v) is 4.85. The average molecular weight is 294 g/mol. The van der Waals surface area contributed by atoms with Gasteiger partial charge >= 0.3 is 0 Å². The molecule has 1 atom stereocenters. The van der Waals surface area contributed by atoms with Crippen molar-refractivity contribution in [3.8, 4) is 0 Å². The second-order valence-electron chi connectivity index (χ2n) is 6.70. The minimum absolute atomic E-state index is 0.0758. The molecule has 0 aromatic rings. The predicted octanol–water partition coefficient (Wildman–Crippen LogP) is 0.295. The number of rotatable bonds is 2. The molecule has 2 saturated heterocycles. The number of hydrogen-bond donors (Lipinski definition) is 1. The third kappa shape index (κ3) is 3.06. The van der Waals surface area contributed by atoms with Crippen LogP contribution in [0.25, 0.3) is 0 Å². The fourth-order valence-electron chi connectivity index (χ4n) is 3.47. The quantitative estimate of drug-likeness (QED) is 0.795. The minimum atomic E-state index is -0.515. The highest BCUT2D eigenvalue weighted by Gasteiger charge is 2.46. The van der Waals surface area contributed by atoms with Crippen molar-refractivity contribution in [1.82, 2.24) is 15.1 Å². The standard InChI is InChI=1S/C15H26N4O2/c1-18(2)14-16-13(20)15(17-14)5-7-19(8-6-15)10-12-4-3-9-21-11-12/h12H,3-11H2,1-2H3,(H,16,17,20). The molecule has 3 heterocycles. The van der Waals surface area contributed by atoms with Crippen LogP contribution < -0.4 is 5.32 Å². The second-order valence-corrected chi connectivity index (χ2v) is 6.70. The zero-order valence-corrected chi connectivity index (χ0v) is 13.1. The molecular weight excluding hydrogens is 268 g/mol. The Morgan fingerprint density at radius 3 is 2.76 bits per heavy atom. The summed E-state index contributed by atoms with van der Waals surface area (Å²) in [6.07, 6.45) is 4.10. The SMILES string of the molecule is CN(C)C1=NC2(CCN(CC3CCCOC3)CC2)C(=O)N1. The first-order valence-electron chi connectivity index (χ1n) is 7.98. The summed E-state index contributed by atoms with van der Waals surface area (Å²) in [4.78, 5) is 21.3. The van der Waals surface area contributed by atoms with Gasteiger partial charge in [0.15, 0.2) is 0 Å². The summed E-state index contributed by atoms with van der Waals surface area (Å²) in [7, 11) is 3.83. The van der Waals surface area contributed by atoms with Crippen molar-refractivity contribution < 1.29 is 9.53 Å². The zero-order chi connectivity index (χ0) is 14.9. The number of hydrogen-bond acceptors (Lipinski definition) is 5. The fraction of sp³-hybridized carbons (Fsp3) is 0.867. The van der Waals surface area contributed by atoms with Crippen LogP contribution >= 0.6 is 0 Å². The van der Waals surface area contributed by atoms with Crippen molar-refractivity contribution in [2.75, 3.05) is 46.9 Å². The number of nitrogens with zero attached hydrogens (tertiary/aromatic N) is 3. The molecule has 6 heteroatoms. The molecule has 3 aliphatic heterocycles. The first-order valence-corrected chi connectivity index (χ1v) is 7.98. The van der Waals surface area contributed by atoms with Crippen LogP contribution in [-0.4, -0.2) is 74.1 Å². The van der Waals surface area contributed by atoms with Gasteiger partial charge in [0.1, 0.15) is 5.54 Å². The molecule has 1 N–H and O–H groups in total. The number of piperidine rings is 1. The Bertz CT molecular complexity index is 421. The lowest BCUT2D eigenvalue weighted by Gasteiger charge is -2.37. The number of carbonyl (C=O) groups excluding carboxylic acids is 1. The van der Waals surface area contributed by atoms with Gasteiger partial charge < -0.3 is 14.5 Å². The normalized spacial score (nSPS) is 29.3. The first-order chi connectivity index (χ1) is 10.1. The molecule has 0 aliphatic carbocycles. The molecule has 1 amide bonds. The lowest BCUT2D eigenvalue weighted by molar-refractivity contribution is -0.125. The van der Waals surface area contributed by atoms with Gasteiger partial charge in [0.05, 0.1) is 6.61 Å². The van der Waals surface area contributed by atoms with E-state index in [2.05, 4.69) is 15.2 Å². The number of aliphatic imine (C=N–C) groups is 1. The molecule has 118 valence electrons. The van der Waals surface area contributed by atoms with Crippen molar-refractivity contribution in [3.63, 3.8) is 0 Å². The van der Waals surface area contributed by atoms with Gasteiger partial charge in [0.2, 0.25) is 5.96 Å². The molecule has 1 spiro atoms. The van der Waals surface area contributed by atoms with Gasteiger partial charge in [-0.05, 0) is 31.6 Å². The first kappa shape index (κ1) is 14.8. The summed E-state index contributed by atoms with van der Waals surface area (Å²) >= 11 is 0. The number of amides is 1. The molecule has 3 rings (SSSR count). The smallest absolute Gasteiger partial charge is 0.254 e. The Morgan fingerprint density at radius 2 is 2.19 bits per heavy atom. The summed E-state index contributed by atoms with van der Waals surface area (Å²) in [5.41, 5.74) is -0.515. The van der Waals surface area contributed by atoms with E-state index in [-0.39, 0.29) is 5.91 Å². The van der Waals surface area contributed by atoms with Crippen molar-refractivity contribution in [1.29, 1.82) is 0 Å². The summed E-state index contributed by atoms with van der Waals surface area (Å²) in [5, 5.41) is 2.91. The van der Waals surface area contributed by atoms with Crippen LogP contribution in [0.3, 0.4) is 0 Å². The number of nitrogens with one attached hydrogen (secondary N) is 1. The minimum Gasteiger partial charge on any atom is -0.381 e. The molecule has 0 radical (unpaired) electrons. The van der Waals surface area contributed by atoms with E-state index in [0.717, 1.165) is 45.7 Å². The Morgan fingerprint density at radius 1 is 1.43 bits per heavy atom. The van der Waals surface area contributed by atoms with E-state index in [0.29, 0.717) is 11.9 Å². The molecule has 6 nitrogen and oxygen atoms in total. The highest BCUT2D eigenvalue weighted by Crippen LogP contribution is 2.31. The molecule has 0 aromatic heterocycles. The molecular formula is C15H26N4O2. The third-order valence-electron chi connectivity index (χ3n) is 4.85. The van der Waals surface area contributed by atoms with E-state index in [4.69, 9.17) is 4.74 Å². The number of ether oxygens (including phenoxy) is 1. The van der Waals surface area contributed by atoms with E-state index in [1.807, 2.05) is 19.0 Å². The maximum Gasteiger partial charge on any atom is 0.254 e. The molecule has 2 fully saturated rings. The van der Waals surface area contributed by atoms with Crippen LogP contribution in [0.1, 0.15) is 25.7 Å². The van der Waals surface area contributed by atoms with E-state index in [1.54, 1.807) is 0 Å². The van der Waals surface area contributed by atoms with Crippen molar-refractivity contribution in [2.24, 2.45) is 10.9 Å². The van der Waals surface area contributed by atoms with Gasteiger partial charge in [0, 0.05) is 40.3 Å². The summed E-state index contributed by atoms with van der Waals surface area (Å²) in [5.74, 6) is 1.44. The largest absolute Gasteiger partial charge is 0.381 e. The molecule has 21 heavy (non-hydrogen) atoms. The van der Waals surface area contributed by atoms with E-state index in [1.165, 1.54) is 12.8 Å². The van der Waals surface area contributed by atoms with Crippen LogP contribution in [0.5, 0.6) is 0 Å². The molecule has 1 unspecified atom stereocenters. The van der Waals surface area contributed by atoms with Crippen molar-refractivity contribution in [3.05, 3.63) is 0 Å². The fourth-order valence-corrected chi connectivity index (χ4v) is 3.47. The van der Waals surface area contributed by atoms with Crippen LogP contribution in [0, 0.1) is 5.92 Å². The van der Waals surface area contributed by atoms with Gasteiger partial charge in [0.25, 0.3) is 5.91 Å². The average Bonchev–Trinajstić information content (AvgIpc) is 2.80.